The number of rotatable bonds is 2. The second-order valence-corrected chi connectivity index (χ2v) is 4.08. The average molecular weight is 274 g/mol. The molecular formula is C12H22N2O5. The Hall–Kier alpha value is -1.18. The maximum atomic E-state index is 11.7. The average Bonchev–Trinajstić information content (AvgIpc) is 3.07. The normalized spacial score (nSPS) is 24.0. The number of ether oxygens (including phenoxy) is 3. The third-order valence-electron chi connectivity index (χ3n) is 3.07. The second kappa shape index (κ2) is 6.83. The zero-order valence-corrected chi connectivity index (χ0v) is 11.7. The Labute approximate surface area is 113 Å². The zero-order valence-electron chi connectivity index (χ0n) is 11.7. The zero-order chi connectivity index (χ0) is 14.5. The van der Waals surface area contributed by atoms with E-state index in [1.807, 2.05) is 13.8 Å². The van der Waals surface area contributed by atoms with E-state index in [2.05, 4.69) is 4.74 Å². The summed E-state index contributed by atoms with van der Waals surface area (Å²) in [6, 6.07) is -0.672. The topological polar surface area (TPSA) is 91.1 Å². The molecule has 2 N–H and O–H groups in total. The minimum atomic E-state index is -0.857. The first-order chi connectivity index (χ1) is 9.12. The molecule has 0 radical (unpaired) electrons. The van der Waals surface area contributed by atoms with Gasteiger partial charge in [-0.1, -0.05) is 13.8 Å². The molecule has 0 saturated carbocycles. The summed E-state index contributed by atoms with van der Waals surface area (Å²) in [6.07, 6.45) is 0.297. The molecule has 0 bridgehead atoms. The summed E-state index contributed by atoms with van der Waals surface area (Å²) in [6.45, 7) is 5.02. The molecule has 2 fully saturated rings. The molecule has 2 aliphatic heterocycles. The van der Waals surface area contributed by atoms with Crippen LogP contribution in [0.15, 0.2) is 0 Å². The van der Waals surface area contributed by atoms with Gasteiger partial charge in [-0.15, -0.1) is 0 Å². The smallest absolute Gasteiger partial charge is 0.328 e. The maximum Gasteiger partial charge on any atom is 0.328 e. The van der Waals surface area contributed by atoms with Gasteiger partial charge in [0.25, 0.3) is 0 Å². The lowest BCUT2D eigenvalue weighted by Crippen LogP contribution is -2.44. The SMILES string of the molecule is CC.COC(=O)C1CC2(CN1C(=O)CN)OCCO2. The minimum absolute atomic E-state index is 0.149. The number of hydrogen-bond acceptors (Lipinski definition) is 6. The first-order valence-corrected chi connectivity index (χ1v) is 6.47. The van der Waals surface area contributed by atoms with Crippen molar-refractivity contribution in [3.8, 4) is 0 Å². The largest absolute Gasteiger partial charge is 0.467 e. The van der Waals surface area contributed by atoms with Crippen LogP contribution in [0, 0.1) is 0 Å². The van der Waals surface area contributed by atoms with Crippen LogP contribution in [-0.4, -0.2) is 62.0 Å². The van der Waals surface area contributed by atoms with E-state index in [9.17, 15) is 9.59 Å². The number of carbonyl (C=O) groups is 2. The molecule has 1 amide bonds. The lowest BCUT2D eigenvalue weighted by atomic mass is 10.1. The summed E-state index contributed by atoms with van der Waals surface area (Å²) in [5.74, 6) is -1.64. The maximum absolute atomic E-state index is 11.7. The van der Waals surface area contributed by atoms with Crippen LogP contribution in [0.4, 0.5) is 0 Å². The molecule has 0 aromatic rings. The van der Waals surface area contributed by atoms with E-state index in [-0.39, 0.29) is 19.0 Å². The van der Waals surface area contributed by atoms with Gasteiger partial charge in [0, 0.05) is 6.42 Å². The Morgan fingerprint density at radius 3 is 2.42 bits per heavy atom. The summed E-state index contributed by atoms with van der Waals surface area (Å²) >= 11 is 0. The molecule has 2 saturated heterocycles. The summed E-state index contributed by atoms with van der Waals surface area (Å²) < 4.78 is 15.7. The predicted molar refractivity (Wildman–Crippen MR) is 67.2 cm³/mol. The van der Waals surface area contributed by atoms with E-state index in [4.69, 9.17) is 15.2 Å². The number of carbonyl (C=O) groups excluding carboxylic acids is 2. The van der Waals surface area contributed by atoms with Crippen molar-refractivity contribution in [1.29, 1.82) is 0 Å². The third kappa shape index (κ3) is 3.23. The standard InChI is InChI=1S/C10H16N2O5.C2H6/c1-15-9(14)7-4-10(16-2-3-17-10)6-12(7)8(13)5-11;1-2/h7H,2-6,11H2,1H3;1-2H3. The first kappa shape index (κ1) is 15.9. The number of esters is 1. The monoisotopic (exact) mass is 274 g/mol. The molecule has 19 heavy (non-hydrogen) atoms. The van der Waals surface area contributed by atoms with Crippen LogP contribution < -0.4 is 5.73 Å². The lowest BCUT2D eigenvalue weighted by Gasteiger charge is -2.22. The Kier molecular flexibility index (Phi) is 5.71. The van der Waals surface area contributed by atoms with Gasteiger partial charge in [-0.3, -0.25) is 4.79 Å². The Morgan fingerprint density at radius 1 is 1.37 bits per heavy atom. The quantitative estimate of drug-likeness (QED) is 0.682. The van der Waals surface area contributed by atoms with Crippen molar-refractivity contribution in [3.63, 3.8) is 0 Å². The minimum Gasteiger partial charge on any atom is -0.467 e. The summed E-state index contributed by atoms with van der Waals surface area (Å²) in [7, 11) is 1.29. The second-order valence-electron chi connectivity index (χ2n) is 4.08. The number of likely N-dealkylation sites (tertiary alicyclic amines) is 1. The highest BCUT2D eigenvalue weighted by atomic mass is 16.7. The van der Waals surface area contributed by atoms with Crippen molar-refractivity contribution < 1.29 is 23.8 Å². The number of hydrogen-bond donors (Lipinski definition) is 1. The van der Waals surface area contributed by atoms with Gasteiger partial charge in [0.2, 0.25) is 5.91 Å². The molecule has 2 heterocycles. The highest BCUT2D eigenvalue weighted by Crippen LogP contribution is 2.35. The van der Waals surface area contributed by atoms with Crippen LogP contribution in [0.3, 0.4) is 0 Å². The number of methoxy groups -OCH3 is 1. The highest BCUT2D eigenvalue weighted by molar-refractivity contribution is 5.86. The van der Waals surface area contributed by atoms with Gasteiger partial charge in [0.15, 0.2) is 5.79 Å². The van der Waals surface area contributed by atoms with Crippen molar-refractivity contribution in [2.45, 2.75) is 32.1 Å². The molecule has 1 spiro atoms. The third-order valence-corrected chi connectivity index (χ3v) is 3.07. The van der Waals surface area contributed by atoms with Gasteiger partial charge in [0.1, 0.15) is 6.04 Å². The highest BCUT2D eigenvalue weighted by Gasteiger charge is 2.52. The van der Waals surface area contributed by atoms with Crippen LogP contribution in [-0.2, 0) is 23.8 Å². The van der Waals surface area contributed by atoms with Gasteiger partial charge in [-0.05, 0) is 0 Å². The summed E-state index contributed by atoms with van der Waals surface area (Å²) in [5.41, 5.74) is 5.32. The van der Waals surface area contributed by atoms with Crippen molar-refractivity contribution in [3.05, 3.63) is 0 Å². The Bertz CT molecular complexity index is 302. The van der Waals surface area contributed by atoms with E-state index >= 15 is 0 Å². The van der Waals surface area contributed by atoms with Gasteiger partial charge >= 0.3 is 5.97 Å². The fourth-order valence-electron chi connectivity index (χ4n) is 2.27. The molecular weight excluding hydrogens is 252 g/mol. The molecule has 0 aliphatic carbocycles. The molecule has 1 unspecified atom stereocenters. The van der Waals surface area contributed by atoms with Crippen molar-refractivity contribution in [2.24, 2.45) is 5.73 Å². The molecule has 110 valence electrons. The Balaban J connectivity index is 0.000000861. The van der Waals surface area contributed by atoms with E-state index < -0.39 is 17.8 Å². The van der Waals surface area contributed by atoms with Crippen LogP contribution >= 0.6 is 0 Å². The van der Waals surface area contributed by atoms with Gasteiger partial charge in [0.05, 0.1) is 33.4 Å². The van der Waals surface area contributed by atoms with Gasteiger partial charge in [-0.2, -0.15) is 0 Å². The Morgan fingerprint density at radius 2 is 1.95 bits per heavy atom. The molecule has 2 rings (SSSR count). The lowest BCUT2D eigenvalue weighted by molar-refractivity contribution is -0.152. The molecule has 7 heteroatoms. The number of nitrogens with two attached hydrogens (primary N) is 1. The summed E-state index contributed by atoms with van der Waals surface area (Å²) in [5, 5.41) is 0. The first-order valence-electron chi connectivity index (χ1n) is 6.47. The van der Waals surface area contributed by atoms with E-state index in [0.717, 1.165) is 0 Å². The van der Waals surface area contributed by atoms with Crippen LogP contribution in [0.5, 0.6) is 0 Å². The van der Waals surface area contributed by atoms with Crippen molar-refractivity contribution in [1.82, 2.24) is 4.90 Å². The fraction of sp³-hybridized carbons (Fsp3) is 0.833. The van der Waals surface area contributed by atoms with Crippen LogP contribution in [0.1, 0.15) is 20.3 Å². The van der Waals surface area contributed by atoms with Gasteiger partial charge in [-0.25, -0.2) is 4.79 Å². The molecule has 0 aromatic carbocycles. The molecule has 1 atom stereocenters. The van der Waals surface area contributed by atoms with E-state index in [1.165, 1.54) is 12.0 Å². The molecule has 0 aromatic heterocycles. The predicted octanol–water partition coefficient (Wildman–Crippen LogP) is -0.512. The molecule has 7 nitrogen and oxygen atoms in total. The van der Waals surface area contributed by atoms with Crippen LogP contribution in [0.2, 0.25) is 0 Å². The fourth-order valence-corrected chi connectivity index (χ4v) is 2.27. The van der Waals surface area contributed by atoms with Gasteiger partial charge < -0.3 is 24.8 Å². The summed E-state index contributed by atoms with van der Waals surface area (Å²) in [4.78, 5) is 24.7. The van der Waals surface area contributed by atoms with Crippen molar-refractivity contribution in [2.75, 3.05) is 33.4 Å². The molecule has 2 aliphatic rings. The number of nitrogens with zero attached hydrogens (tertiary/aromatic N) is 1. The number of amides is 1. The van der Waals surface area contributed by atoms with E-state index in [1.54, 1.807) is 0 Å². The van der Waals surface area contributed by atoms with Crippen LogP contribution in [0.25, 0.3) is 0 Å². The van der Waals surface area contributed by atoms with Crippen molar-refractivity contribution >= 4 is 11.9 Å². The van der Waals surface area contributed by atoms with E-state index in [0.29, 0.717) is 19.6 Å².